The zero-order valence-corrected chi connectivity index (χ0v) is 14.2. The molecule has 0 aromatic heterocycles. The van der Waals surface area contributed by atoms with E-state index < -0.39 is 41.1 Å². The quantitative estimate of drug-likeness (QED) is 0.474. The molecule has 0 heterocycles. The van der Waals surface area contributed by atoms with Crippen LogP contribution in [0.2, 0.25) is 5.02 Å². The minimum absolute atomic E-state index is 0.488. The van der Waals surface area contributed by atoms with Crippen molar-refractivity contribution in [2.45, 2.75) is 13.0 Å². The largest absolute Gasteiger partial charge is 0.449 e. The average Bonchev–Trinajstić information content (AvgIpc) is 2.60. The molecule has 2 aromatic rings. The highest BCUT2D eigenvalue weighted by atomic mass is 35.5. The van der Waals surface area contributed by atoms with Crippen molar-refractivity contribution in [1.29, 1.82) is 0 Å². The van der Waals surface area contributed by atoms with Crippen LogP contribution in [0.25, 0.3) is 6.08 Å². The van der Waals surface area contributed by atoms with Crippen molar-refractivity contribution in [3.8, 4) is 0 Å². The second-order valence-electron chi connectivity index (χ2n) is 5.18. The van der Waals surface area contributed by atoms with Crippen molar-refractivity contribution in [3.63, 3.8) is 0 Å². The molecule has 0 unspecified atom stereocenters. The summed E-state index contributed by atoms with van der Waals surface area (Å²) in [6.45, 7) is 1.25. The molecule has 1 atom stereocenters. The zero-order valence-electron chi connectivity index (χ0n) is 13.4. The molecule has 0 saturated heterocycles. The average molecular weight is 384 g/mol. The normalized spacial score (nSPS) is 12.0. The first-order valence-corrected chi connectivity index (χ1v) is 7.74. The van der Waals surface area contributed by atoms with E-state index in [-0.39, 0.29) is 0 Å². The number of carbonyl (C=O) groups is 2. The van der Waals surface area contributed by atoms with Crippen molar-refractivity contribution < 1.29 is 27.5 Å². The maximum absolute atomic E-state index is 13.5. The number of anilines is 1. The molecule has 0 spiro atoms. The molecule has 2 aromatic carbocycles. The Kier molecular flexibility index (Phi) is 6.41. The highest BCUT2D eigenvalue weighted by Crippen LogP contribution is 2.20. The van der Waals surface area contributed by atoms with E-state index in [2.05, 4.69) is 0 Å². The number of hydrogen-bond donors (Lipinski definition) is 1. The molecule has 0 aliphatic carbocycles. The third kappa shape index (κ3) is 5.10. The summed E-state index contributed by atoms with van der Waals surface area (Å²) < 4.78 is 44.4. The number of carbonyl (C=O) groups excluding carboxylic acids is 2. The van der Waals surface area contributed by atoms with E-state index in [1.807, 2.05) is 5.32 Å². The molecule has 0 radical (unpaired) electrons. The van der Waals surface area contributed by atoms with Crippen LogP contribution in [0.3, 0.4) is 0 Å². The number of ether oxygens (including phenoxy) is 1. The summed E-state index contributed by atoms with van der Waals surface area (Å²) >= 11 is 5.81. The fraction of sp³-hybridized carbons (Fsp3) is 0.111. The van der Waals surface area contributed by atoms with Crippen LogP contribution in [0.5, 0.6) is 0 Å². The van der Waals surface area contributed by atoms with Gasteiger partial charge in [-0.25, -0.2) is 18.0 Å². The maximum Gasteiger partial charge on any atom is 0.331 e. The lowest BCUT2D eigenvalue weighted by Crippen LogP contribution is -2.29. The van der Waals surface area contributed by atoms with Crippen LogP contribution in [0.15, 0.2) is 42.5 Å². The third-order valence-corrected chi connectivity index (χ3v) is 3.45. The summed E-state index contributed by atoms with van der Waals surface area (Å²) in [6, 6.07) is 8.21. The van der Waals surface area contributed by atoms with Gasteiger partial charge in [0, 0.05) is 11.1 Å². The number of nitrogens with one attached hydrogen (secondary N) is 1. The summed E-state index contributed by atoms with van der Waals surface area (Å²) in [5.74, 6) is -6.36. The van der Waals surface area contributed by atoms with Crippen molar-refractivity contribution >= 4 is 35.2 Å². The summed E-state index contributed by atoms with van der Waals surface area (Å²) in [4.78, 5) is 23.6. The maximum atomic E-state index is 13.5. The fourth-order valence-corrected chi connectivity index (χ4v) is 2.10. The van der Waals surface area contributed by atoms with Crippen molar-refractivity contribution in [2.24, 2.45) is 0 Å². The predicted molar refractivity (Wildman–Crippen MR) is 91.0 cm³/mol. The van der Waals surface area contributed by atoms with E-state index in [0.29, 0.717) is 16.7 Å². The van der Waals surface area contributed by atoms with E-state index in [0.717, 1.165) is 12.1 Å². The first kappa shape index (κ1) is 19.5. The number of rotatable bonds is 5. The topological polar surface area (TPSA) is 55.4 Å². The summed E-state index contributed by atoms with van der Waals surface area (Å²) in [5.41, 5.74) is 0.0849. The summed E-state index contributed by atoms with van der Waals surface area (Å²) in [5, 5.41) is 2.51. The highest BCUT2D eigenvalue weighted by molar-refractivity contribution is 6.30. The van der Waals surface area contributed by atoms with Gasteiger partial charge in [0.25, 0.3) is 5.91 Å². The highest BCUT2D eigenvalue weighted by Gasteiger charge is 2.20. The van der Waals surface area contributed by atoms with Gasteiger partial charge in [-0.1, -0.05) is 23.7 Å². The van der Waals surface area contributed by atoms with E-state index >= 15 is 0 Å². The van der Waals surface area contributed by atoms with Gasteiger partial charge in [-0.05, 0) is 42.8 Å². The first-order chi connectivity index (χ1) is 12.3. The Hall–Kier alpha value is -2.80. The molecule has 4 nitrogen and oxygen atoms in total. The number of halogens is 4. The van der Waals surface area contributed by atoms with Crippen LogP contribution in [-0.2, 0) is 14.3 Å². The molecule has 2 rings (SSSR count). The van der Waals surface area contributed by atoms with Gasteiger partial charge in [-0.2, -0.15) is 0 Å². The Morgan fingerprint density at radius 3 is 2.58 bits per heavy atom. The van der Waals surface area contributed by atoms with E-state index in [1.54, 1.807) is 24.3 Å². The first-order valence-electron chi connectivity index (χ1n) is 7.36. The Morgan fingerprint density at radius 2 is 1.88 bits per heavy atom. The molecule has 8 heteroatoms. The van der Waals surface area contributed by atoms with E-state index in [4.69, 9.17) is 16.3 Å². The molecule has 1 N–H and O–H groups in total. The van der Waals surface area contributed by atoms with Crippen LogP contribution in [-0.4, -0.2) is 18.0 Å². The molecule has 1 amide bonds. The van der Waals surface area contributed by atoms with Crippen LogP contribution < -0.4 is 5.32 Å². The molecular weight excluding hydrogens is 371 g/mol. The molecule has 0 aliphatic heterocycles. The molecule has 136 valence electrons. The van der Waals surface area contributed by atoms with Gasteiger partial charge in [0.1, 0.15) is 0 Å². The third-order valence-electron chi connectivity index (χ3n) is 3.22. The summed E-state index contributed by atoms with van der Waals surface area (Å²) in [7, 11) is 0. The second kappa shape index (κ2) is 8.53. The second-order valence-corrected chi connectivity index (χ2v) is 5.62. The number of hydrogen-bond acceptors (Lipinski definition) is 3. The lowest BCUT2D eigenvalue weighted by molar-refractivity contribution is -0.148. The molecule has 0 saturated carbocycles. The van der Waals surface area contributed by atoms with E-state index in [9.17, 15) is 22.8 Å². The number of benzene rings is 2. The monoisotopic (exact) mass is 383 g/mol. The molecule has 26 heavy (non-hydrogen) atoms. The standard InChI is InChI=1S/C18H13ClF3NO3/c1-10(18(25)23-14-7-6-13(20)16(21)17(14)22)26-15(24)8-5-11-3-2-4-12(19)9-11/h2-10H,1H3,(H,23,25)/b8-5+/t10-/m0/s1. The lowest BCUT2D eigenvalue weighted by Gasteiger charge is -2.13. The summed E-state index contributed by atoms with van der Waals surface area (Å²) in [6.07, 6.45) is 1.24. The Morgan fingerprint density at radius 1 is 1.15 bits per heavy atom. The van der Waals surface area contributed by atoms with Gasteiger partial charge in [0.2, 0.25) is 0 Å². The minimum atomic E-state index is -1.71. The van der Waals surface area contributed by atoms with E-state index in [1.165, 1.54) is 13.0 Å². The van der Waals surface area contributed by atoms with Crippen LogP contribution in [0.1, 0.15) is 12.5 Å². The lowest BCUT2D eigenvalue weighted by atomic mass is 10.2. The van der Waals surface area contributed by atoms with Crippen LogP contribution >= 0.6 is 11.6 Å². The van der Waals surface area contributed by atoms with Gasteiger partial charge in [-0.15, -0.1) is 0 Å². The Labute approximate surface area is 152 Å². The SMILES string of the molecule is C[C@H](OC(=O)/C=C/c1cccc(Cl)c1)C(=O)Nc1ccc(F)c(F)c1F. The molecule has 0 bridgehead atoms. The molecular formula is C18H13ClF3NO3. The Balaban J connectivity index is 1.96. The number of amides is 1. The van der Waals surface area contributed by atoms with Gasteiger partial charge < -0.3 is 10.1 Å². The van der Waals surface area contributed by atoms with Gasteiger partial charge in [-0.3, -0.25) is 4.79 Å². The zero-order chi connectivity index (χ0) is 19.3. The van der Waals surface area contributed by atoms with Gasteiger partial charge >= 0.3 is 5.97 Å². The smallest absolute Gasteiger partial charge is 0.331 e. The number of esters is 1. The minimum Gasteiger partial charge on any atom is -0.449 e. The molecule has 0 fully saturated rings. The van der Waals surface area contributed by atoms with Crippen LogP contribution in [0.4, 0.5) is 18.9 Å². The molecule has 0 aliphatic rings. The predicted octanol–water partition coefficient (Wildman–Crippen LogP) is 4.34. The Bertz CT molecular complexity index is 871. The van der Waals surface area contributed by atoms with Crippen molar-refractivity contribution in [3.05, 3.63) is 70.5 Å². The van der Waals surface area contributed by atoms with Crippen LogP contribution in [0, 0.1) is 17.5 Å². The van der Waals surface area contributed by atoms with Crippen molar-refractivity contribution in [2.75, 3.05) is 5.32 Å². The fourth-order valence-electron chi connectivity index (χ4n) is 1.90. The van der Waals surface area contributed by atoms with Gasteiger partial charge in [0.05, 0.1) is 5.69 Å². The van der Waals surface area contributed by atoms with Crippen molar-refractivity contribution in [1.82, 2.24) is 0 Å². The van der Waals surface area contributed by atoms with Gasteiger partial charge in [0.15, 0.2) is 23.6 Å².